The second-order valence-corrected chi connectivity index (χ2v) is 7.67. The second kappa shape index (κ2) is 6.62. The van der Waals surface area contributed by atoms with E-state index in [0.717, 1.165) is 19.4 Å². The normalized spacial score (nSPS) is 21.1. The molecule has 2 rings (SSSR count). The summed E-state index contributed by atoms with van der Waals surface area (Å²) in [4.78, 5) is 0.0942. The minimum absolute atomic E-state index is 0.0942. The van der Waals surface area contributed by atoms with Crippen LogP contribution in [0.15, 0.2) is 23.1 Å². The molecule has 112 valence electrons. The lowest BCUT2D eigenvalue weighted by molar-refractivity contribution is 0.263. The quantitative estimate of drug-likeness (QED) is 0.919. The van der Waals surface area contributed by atoms with E-state index in [1.54, 1.807) is 12.1 Å². The highest BCUT2D eigenvalue weighted by molar-refractivity contribution is 7.89. The van der Waals surface area contributed by atoms with Gasteiger partial charge in [0.1, 0.15) is 4.90 Å². The monoisotopic (exact) mass is 336 g/mol. The van der Waals surface area contributed by atoms with Gasteiger partial charge in [0.2, 0.25) is 10.0 Å². The highest BCUT2D eigenvalue weighted by atomic mass is 35.5. The average Bonchev–Trinajstić information content (AvgIpc) is 2.42. The van der Waals surface area contributed by atoms with Gasteiger partial charge in [-0.3, -0.25) is 0 Å². The van der Waals surface area contributed by atoms with Gasteiger partial charge in [-0.15, -0.1) is 0 Å². The van der Waals surface area contributed by atoms with Crippen LogP contribution in [0.2, 0.25) is 10.0 Å². The van der Waals surface area contributed by atoms with Crippen molar-refractivity contribution in [2.75, 3.05) is 26.7 Å². The Morgan fingerprint density at radius 1 is 1.40 bits per heavy atom. The molecule has 0 amide bonds. The zero-order valence-electron chi connectivity index (χ0n) is 11.3. The van der Waals surface area contributed by atoms with E-state index < -0.39 is 10.0 Å². The van der Waals surface area contributed by atoms with Crippen molar-refractivity contribution in [1.29, 1.82) is 0 Å². The highest BCUT2D eigenvalue weighted by Gasteiger charge is 2.31. The van der Waals surface area contributed by atoms with Crippen molar-refractivity contribution in [3.05, 3.63) is 28.2 Å². The van der Waals surface area contributed by atoms with E-state index >= 15 is 0 Å². The van der Waals surface area contributed by atoms with E-state index in [1.807, 2.05) is 7.05 Å². The van der Waals surface area contributed by atoms with Crippen LogP contribution in [0.25, 0.3) is 0 Å². The van der Waals surface area contributed by atoms with Crippen molar-refractivity contribution in [3.63, 3.8) is 0 Å². The van der Waals surface area contributed by atoms with Crippen LogP contribution in [-0.4, -0.2) is 39.4 Å². The van der Waals surface area contributed by atoms with Crippen molar-refractivity contribution < 1.29 is 8.42 Å². The van der Waals surface area contributed by atoms with Gasteiger partial charge in [-0.1, -0.05) is 29.3 Å². The van der Waals surface area contributed by atoms with Crippen molar-refractivity contribution >= 4 is 33.2 Å². The lowest BCUT2D eigenvalue weighted by atomic mass is 10.00. The first-order chi connectivity index (χ1) is 9.46. The molecule has 1 aliphatic heterocycles. The molecule has 0 saturated carbocycles. The van der Waals surface area contributed by atoms with Gasteiger partial charge < -0.3 is 5.32 Å². The second-order valence-electron chi connectivity index (χ2n) is 4.98. The summed E-state index contributed by atoms with van der Waals surface area (Å²) in [5.41, 5.74) is 0. The SMILES string of the molecule is CNCC1CCCN(S(=O)(=O)c2cccc(Cl)c2Cl)C1. The van der Waals surface area contributed by atoms with Gasteiger partial charge in [-0.2, -0.15) is 4.31 Å². The summed E-state index contributed by atoms with van der Waals surface area (Å²) in [7, 11) is -1.70. The van der Waals surface area contributed by atoms with Crippen LogP contribution in [0.4, 0.5) is 0 Å². The van der Waals surface area contributed by atoms with E-state index in [2.05, 4.69) is 5.32 Å². The van der Waals surface area contributed by atoms with Crippen molar-refractivity contribution in [2.45, 2.75) is 17.7 Å². The lowest BCUT2D eigenvalue weighted by Gasteiger charge is -2.32. The summed E-state index contributed by atoms with van der Waals surface area (Å²) in [6, 6.07) is 4.70. The Kier molecular flexibility index (Phi) is 5.31. The summed E-state index contributed by atoms with van der Waals surface area (Å²) in [6.07, 6.45) is 1.90. The number of nitrogens with one attached hydrogen (secondary N) is 1. The first-order valence-electron chi connectivity index (χ1n) is 6.55. The molecule has 1 unspecified atom stereocenters. The molecule has 4 nitrogen and oxygen atoms in total. The Bertz CT molecular complexity index is 576. The fourth-order valence-corrected chi connectivity index (χ4v) is 4.81. The summed E-state index contributed by atoms with van der Waals surface area (Å²) >= 11 is 12.0. The van der Waals surface area contributed by atoms with E-state index in [-0.39, 0.29) is 14.9 Å². The zero-order chi connectivity index (χ0) is 14.8. The Labute approximate surface area is 130 Å². The fraction of sp³-hybridized carbons (Fsp3) is 0.538. The number of nitrogens with zero attached hydrogens (tertiary/aromatic N) is 1. The molecule has 1 aromatic carbocycles. The van der Waals surface area contributed by atoms with Crippen molar-refractivity contribution in [2.24, 2.45) is 5.92 Å². The number of hydrogen-bond donors (Lipinski definition) is 1. The van der Waals surface area contributed by atoms with Gasteiger partial charge in [-0.05, 0) is 44.5 Å². The third-order valence-electron chi connectivity index (χ3n) is 3.51. The predicted molar refractivity (Wildman–Crippen MR) is 81.9 cm³/mol. The summed E-state index contributed by atoms with van der Waals surface area (Å²) in [5, 5.41) is 3.46. The van der Waals surface area contributed by atoms with Crippen LogP contribution < -0.4 is 5.32 Å². The van der Waals surface area contributed by atoms with Gasteiger partial charge in [0.05, 0.1) is 10.0 Å². The minimum Gasteiger partial charge on any atom is -0.319 e. The molecule has 0 spiro atoms. The number of piperidine rings is 1. The topological polar surface area (TPSA) is 49.4 Å². The number of benzene rings is 1. The van der Waals surface area contributed by atoms with Gasteiger partial charge in [-0.25, -0.2) is 8.42 Å². The largest absolute Gasteiger partial charge is 0.319 e. The molecular formula is C13H18Cl2N2O2S. The van der Waals surface area contributed by atoms with Crippen LogP contribution in [0.5, 0.6) is 0 Å². The molecule has 0 radical (unpaired) electrons. The molecule has 0 aliphatic carbocycles. The highest BCUT2D eigenvalue weighted by Crippen LogP contribution is 2.32. The maximum absolute atomic E-state index is 12.7. The summed E-state index contributed by atoms with van der Waals surface area (Å²) < 4.78 is 26.9. The van der Waals surface area contributed by atoms with Gasteiger partial charge in [0.15, 0.2) is 0 Å². The molecule has 1 fully saturated rings. The molecule has 1 heterocycles. The smallest absolute Gasteiger partial charge is 0.244 e. The van der Waals surface area contributed by atoms with Crippen LogP contribution in [0, 0.1) is 5.92 Å². The summed E-state index contributed by atoms with van der Waals surface area (Å²) in [5.74, 6) is 0.335. The van der Waals surface area contributed by atoms with E-state index in [9.17, 15) is 8.42 Å². The average molecular weight is 337 g/mol. The maximum Gasteiger partial charge on any atom is 0.244 e. The molecule has 1 saturated heterocycles. The lowest BCUT2D eigenvalue weighted by Crippen LogP contribution is -2.42. The Hall–Kier alpha value is -0.330. The molecule has 1 aliphatic rings. The Morgan fingerprint density at radius 2 is 2.15 bits per heavy atom. The molecule has 0 aromatic heterocycles. The van der Waals surface area contributed by atoms with Crippen molar-refractivity contribution in [3.8, 4) is 0 Å². The van der Waals surface area contributed by atoms with E-state index in [0.29, 0.717) is 19.0 Å². The first kappa shape index (κ1) is 16.0. The minimum atomic E-state index is -3.58. The van der Waals surface area contributed by atoms with Crippen LogP contribution in [0.1, 0.15) is 12.8 Å². The number of sulfonamides is 1. The van der Waals surface area contributed by atoms with Gasteiger partial charge in [0, 0.05) is 13.1 Å². The molecule has 0 bridgehead atoms. The zero-order valence-corrected chi connectivity index (χ0v) is 13.6. The molecule has 7 heteroatoms. The standard InChI is InChI=1S/C13H18Cl2N2O2S/c1-16-8-10-4-3-7-17(9-10)20(18,19)12-6-2-5-11(14)13(12)15/h2,5-6,10,16H,3-4,7-9H2,1H3. The van der Waals surface area contributed by atoms with Gasteiger partial charge in [0.25, 0.3) is 0 Å². The Balaban J connectivity index is 2.28. The fourth-order valence-electron chi connectivity index (χ4n) is 2.52. The van der Waals surface area contributed by atoms with Crippen molar-refractivity contribution in [1.82, 2.24) is 9.62 Å². The molecule has 1 aromatic rings. The third kappa shape index (κ3) is 3.28. The van der Waals surface area contributed by atoms with Crippen LogP contribution in [-0.2, 0) is 10.0 Å². The molecule has 1 N–H and O–H groups in total. The summed E-state index contributed by atoms with van der Waals surface area (Å²) in [6.45, 7) is 1.87. The molecular weight excluding hydrogens is 319 g/mol. The number of hydrogen-bond acceptors (Lipinski definition) is 3. The number of rotatable bonds is 4. The molecule has 20 heavy (non-hydrogen) atoms. The first-order valence-corrected chi connectivity index (χ1v) is 8.75. The van der Waals surface area contributed by atoms with Crippen LogP contribution in [0.3, 0.4) is 0 Å². The Morgan fingerprint density at radius 3 is 2.85 bits per heavy atom. The van der Waals surface area contributed by atoms with E-state index in [4.69, 9.17) is 23.2 Å². The van der Waals surface area contributed by atoms with E-state index in [1.165, 1.54) is 10.4 Å². The third-order valence-corrected chi connectivity index (χ3v) is 6.35. The maximum atomic E-state index is 12.7. The molecule has 1 atom stereocenters. The van der Waals surface area contributed by atoms with Gasteiger partial charge >= 0.3 is 0 Å². The van der Waals surface area contributed by atoms with Crippen LogP contribution >= 0.6 is 23.2 Å². The predicted octanol–water partition coefficient (Wildman–Crippen LogP) is 2.61. The number of halogens is 2.